The van der Waals surface area contributed by atoms with Crippen molar-refractivity contribution in [3.8, 4) is 0 Å². The Morgan fingerprint density at radius 3 is 3.00 bits per heavy atom. The van der Waals surface area contributed by atoms with Crippen molar-refractivity contribution in [1.82, 2.24) is 0 Å². The minimum atomic E-state index is 0.745. The van der Waals surface area contributed by atoms with Crippen LogP contribution in [0.25, 0.3) is 0 Å². The highest BCUT2D eigenvalue weighted by Crippen LogP contribution is 2.25. The van der Waals surface area contributed by atoms with Crippen LogP contribution in [0.5, 0.6) is 0 Å². The van der Waals surface area contributed by atoms with E-state index in [2.05, 4.69) is 21.2 Å². The Bertz CT molecular complexity index is 307. The average molecular weight is 293 g/mol. The average Bonchev–Trinajstić information content (AvgIpc) is 2.23. The molecule has 0 aliphatic rings. The molecule has 0 aliphatic heterocycles. The molecule has 0 radical (unpaired) electrons. The van der Waals surface area contributed by atoms with Gasteiger partial charge in [-0.05, 0) is 31.5 Å². The molecule has 1 aromatic carbocycles. The lowest BCUT2D eigenvalue weighted by Crippen LogP contribution is -2.05. The van der Waals surface area contributed by atoms with Gasteiger partial charge in [-0.25, -0.2) is 0 Å². The van der Waals surface area contributed by atoms with Crippen LogP contribution in [0.1, 0.15) is 13.3 Å². The van der Waals surface area contributed by atoms with Gasteiger partial charge in [-0.1, -0.05) is 27.5 Å². The van der Waals surface area contributed by atoms with E-state index in [-0.39, 0.29) is 0 Å². The van der Waals surface area contributed by atoms with Gasteiger partial charge >= 0.3 is 0 Å². The van der Waals surface area contributed by atoms with Crippen molar-refractivity contribution >= 4 is 33.2 Å². The molecule has 0 saturated heterocycles. The highest BCUT2D eigenvalue weighted by Gasteiger charge is 1.99. The van der Waals surface area contributed by atoms with Crippen LogP contribution in [0.3, 0.4) is 0 Å². The third-order valence-electron chi connectivity index (χ3n) is 1.91. The Hall–Kier alpha value is -0.250. The van der Waals surface area contributed by atoms with Gasteiger partial charge in [0.2, 0.25) is 0 Å². The second-order valence-corrected chi connectivity index (χ2v) is 4.42. The molecule has 4 heteroatoms. The predicted molar refractivity (Wildman–Crippen MR) is 68.8 cm³/mol. The van der Waals surface area contributed by atoms with Crippen LogP contribution in [-0.4, -0.2) is 19.8 Å². The van der Waals surface area contributed by atoms with E-state index < -0.39 is 0 Å². The zero-order valence-electron chi connectivity index (χ0n) is 8.72. The van der Waals surface area contributed by atoms with Gasteiger partial charge in [0.05, 0.1) is 10.7 Å². The zero-order chi connectivity index (χ0) is 11.1. The first-order chi connectivity index (χ1) is 7.24. The van der Waals surface area contributed by atoms with E-state index in [1.54, 1.807) is 0 Å². The summed E-state index contributed by atoms with van der Waals surface area (Å²) in [7, 11) is 0. The molecule has 0 amide bonds. The third kappa shape index (κ3) is 4.87. The molecule has 1 aromatic rings. The second kappa shape index (κ2) is 7.09. The largest absolute Gasteiger partial charge is 0.384 e. The number of nitrogens with one attached hydrogen (secondary N) is 1. The first-order valence-corrected chi connectivity index (χ1v) is 6.17. The highest BCUT2D eigenvalue weighted by molar-refractivity contribution is 9.10. The van der Waals surface area contributed by atoms with Crippen LogP contribution in [0, 0.1) is 0 Å². The van der Waals surface area contributed by atoms with Crippen LogP contribution in [0.2, 0.25) is 5.02 Å². The molecule has 84 valence electrons. The van der Waals surface area contributed by atoms with Crippen LogP contribution >= 0.6 is 27.5 Å². The standard InChI is InChI=1S/C11H15BrClNO/c1-2-15-7-3-6-14-11-8-9(12)4-5-10(11)13/h4-5,8,14H,2-3,6-7H2,1H3. The first kappa shape index (κ1) is 12.8. The molecule has 0 fully saturated rings. The highest BCUT2D eigenvalue weighted by atomic mass is 79.9. The van der Waals surface area contributed by atoms with E-state index in [1.165, 1.54) is 0 Å². The molecular formula is C11H15BrClNO. The molecule has 0 aromatic heterocycles. The van der Waals surface area contributed by atoms with Gasteiger partial charge in [0.15, 0.2) is 0 Å². The van der Waals surface area contributed by atoms with Gasteiger partial charge in [0, 0.05) is 24.2 Å². The lowest BCUT2D eigenvalue weighted by atomic mass is 10.3. The topological polar surface area (TPSA) is 21.3 Å². The van der Waals surface area contributed by atoms with Crippen molar-refractivity contribution in [2.75, 3.05) is 25.1 Å². The van der Waals surface area contributed by atoms with Crippen LogP contribution in [0.4, 0.5) is 5.69 Å². The van der Waals surface area contributed by atoms with E-state index in [9.17, 15) is 0 Å². The fraction of sp³-hybridized carbons (Fsp3) is 0.455. The molecule has 0 spiro atoms. The molecule has 2 nitrogen and oxygen atoms in total. The van der Waals surface area contributed by atoms with E-state index in [0.29, 0.717) is 0 Å². The van der Waals surface area contributed by atoms with E-state index in [0.717, 1.165) is 41.4 Å². The molecule has 0 saturated carbocycles. The molecule has 0 aliphatic carbocycles. The van der Waals surface area contributed by atoms with E-state index >= 15 is 0 Å². The molecule has 0 atom stereocenters. The number of anilines is 1. The summed E-state index contributed by atoms with van der Waals surface area (Å²) in [4.78, 5) is 0. The van der Waals surface area contributed by atoms with Crippen molar-refractivity contribution in [2.45, 2.75) is 13.3 Å². The molecule has 0 heterocycles. The van der Waals surface area contributed by atoms with Gasteiger partial charge in [-0.2, -0.15) is 0 Å². The lowest BCUT2D eigenvalue weighted by molar-refractivity contribution is 0.147. The van der Waals surface area contributed by atoms with Gasteiger partial charge < -0.3 is 10.1 Å². The Morgan fingerprint density at radius 2 is 2.27 bits per heavy atom. The number of rotatable bonds is 6. The molecular weight excluding hydrogens is 277 g/mol. The summed E-state index contributed by atoms with van der Waals surface area (Å²) >= 11 is 9.43. The van der Waals surface area contributed by atoms with Crippen LogP contribution in [-0.2, 0) is 4.74 Å². The summed E-state index contributed by atoms with van der Waals surface area (Å²) in [5, 5.41) is 4.02. The normalized spacial score (nSPS) is 10.3. The van der Waals surface area contributed by atoms with Crippen molar-refractivity contribution < 1.29 is 4.74 Å². The van der Waals surface area contributed by atoms with Crippen molar-refractivity contribution in [3.05, 3.63) is 27.7 Å². The maximum absolute atomic E-state index is 6.02. The number of halogens is 2. The van der Waals surface area contributed by atoms with Crippen LogP contribution in [0.15, 0.2) is 22.7 Å². The fourth-order valence-corrected chi connectivity index (χ4v) is 1.72. The summed E-state index contributed by atoms with van der Waals surface area (Å²) in [6, 6.07) is 5.77. The molecule has 0 bridgehead atoms. The van der Waals surface area contributed by atoms with E-state index in [4.69, 9.17) is 16.3 Å². The summed E-state index contributed by atoms with van der Waals surface area (Å²) < 4.78 is 6.27. The Balaban J connectivity index is 2.33. The number of hydrogen-bond acceptors (Lipinski definition) is 2. The maximum Gasteiger partial charge on any atom is 0.0638 e. The quantitative estimate of drug-likeness (QED) is 0.802. The maximum atomic E-state index is 6.02. The molecule has 1 rings (SSSR count). The van der Waals surface area contributed by atoms with Crippen molar-refractivity contribution in [2.24, 2.45) is 0 Å². The Morgan fingerprint density at radius 1 is 1.47 bits per heavy atom. The summed E-state index contributed by atoms with van der Waals surface area (Å²) in [6.07, 6.45) is 0.983. The number of hydrogen-bond donors (Lipinski definition) is 1. The molecule has 1 N–H and O–H groups in total. The third-order valence-corrected chi connectivity index (χ3v) is 2.74. The summed E-state index contributed by atoms with van der Waals surface area (Å²) in [5.74, 6) is 0. The summed E-state index contributed by atoms with van der Waals surface area (Å²) in [6.45, 7) is 4.43. The Kier molecular flexibility index (Phi) is 6.06. The predicted octanol–water partition coefficient (Wildman–Crippen LogP) is 3.94. The second-order valence-electron chi connectivity index (χ2n) is 3.10. The van der Waals surface area contributed by atoms with Crippen molar-refractivity contribution in [1.29, 1.82) is 0 Å². The van der Waals surface area contributed by atoms with E-state index in [1.807, 2.05) is 25.1 Å². The fourth-order valence-electron chi connectivity index (χ4n) is 1.17. The minimum Gasteiger partial charge on any atom is -0.384 e. The minimum absolute atomic E-state index is 0.745. The number of benzene rings is 1. The SMILES string of the molecule is CCOCCCNc1cc(Br)ccc1Cl. The molecule has 0 unspecified atom stereocenters. The first-order valence-electron chi connectivity index (χ1n) is 5.00. The van der Waals surface area contributed by atoms with Gasteiger partial charge in [-0.3, -0.25) is 0 Å². The van der Waals surface area contributed by atoms with Crippen molar-refractivity contribution in [3.63, 3.8) is 0 Å². The monoisotopic (exact) mass is 291 g/mol. The summed E-state index contributed by atoms with van der Waals surface area (Å²) in [5.41, 5.74) is 0.961. The Labute approximate surface area is 104 Å². The zero-order valence-corrected chi connectivity index (χ0v) is 11.1. The van der Waals surface area contributed by atoms with Crippen LogP contribution < -0.4 is 5.32 Å². The lowest BCUT2D eigenvalue weighted by Gasteiger charge is -2.08. The van der Waals surface area contributed by atoms with Gasteiger partial charge in [-0.15, -0.1) is 0 Å². The van der Waals surface area contributed by atoms with Gasteiger partial charge in [0.1, 0.15) is 0 Å². The molecule has 15 heavy (non-hydrogen) atoms. The smallest absolute Gasteiger partial charge is 0.0638 e. The number of ether oxygens (including phenoxy) is 1. The van der Waals surface area contributed by atoms with Gasteiger partial charge in [0.25, 0.3) is 0 Å².